The quantitative estimate of drug-likeness (QED) is 0.116. The number of aromatic nitrogens is 2. The normalized spacial score (nSPS) is 13.6. The van der Waals surface area contributed by atoms with Crippen LogP contribution in [0.2, 0.25) is 0 Å². The number of hydrogen-bond acceptors (Lipinski definition) is 4. The number of unbranched alkanes of at least 4 members (excludes halogenated alkanes) is 1. The second kappa shape index (κ2) is 16.5. The Balaban J connectivity index is 1.36. The number of hydrogen-bond donors (Lipinski definition) is 0. The van der Waals surface area contributed by atoms with E-state index in [1.165, 1.54) is 54.5 Å². The van der Waals surface area contributed by atoms with Crippen LogP contribution in [-0.4, -0.2) is 28.1 Å². The Morgan fingerprint density at radius 3 is 2.11 bits per heavy atom. The Morgan fingerprint density at radius 2 is 1.43 bits per heavy atom. The smallest absolute Gasteiger partial charge is 0.161 e. The highest BCUT2D eigenvalue weighted by molar-refractivity contribution is 5.68. The van der Waals surface area contributed by atoms with Crippen LogP contribution < -0.4 is 9.47 Å². The second-order valence-corrected chi connectivity index (χ2v) is 12.9. The molecule has 0 radical (unpaired) electrons. The predicted molar refractivity (Wildman–Crippen MR) is 192 cm³/mol. The number of benzene rings is 4. The van der Waals surface area contributed by atoms with Gasteiger partial charge in [-0.05, 0) is 48.4 Å². The molecule has 0 N–H and O–H groups in total. The van der Waals surface area contributed by atoms with Crippen LogP contribution in [0.3, 0.4) is 0 Å². The van der Waals surface area contributed by atoms with E-state index in [9.17, 15) is 0 Å². The molecule has 0 bridgehead atoms. The highest BCUT2D eigenvalue weighted by Gasteiger charge is 2.24. The number of rotatable bonds is 15. The number of nitrogens with zero attached hydrogens (tertiary/aromatic N) is 3. The number of methoxy groups -OCH3 is 1. The van der Waals surface area contributed by atoms with E-state index < -0.39 is 0 Å². The molecule has 0 saturated heterocycles. The average Bonchev–Trinajstić information content (AvgIpc) is 3.49. The SMILES string of the molecule is CCCCn1c(-c2ccccc2)nc(-c2ccccc2)c1CN(Cc1ccc(OC)c(OCc2ccccc2)c1)CC1CCCCC1. The first kappa shape index (κ1) is 32.6. The van der Waals surface area contributed by atoms with Crippen molar-refractivity contribution >= 4 is 0 Å². The molecule has 244 valence electrons. The van der Waals surface area contributed by atoms with Gasteiger partial charge in [0, 0.05) is 37.3 Å². The zero-order valence-corrected chi connectivity index (χ0v) is 28.1. The zero-order chi connectivity index (χ0) is 32.3. The van der Waals surface area contributed by atoms with Crippen molar-refractivity contribution in [1.29, 1.82) is 0 Å². The molecule has 0 atom stereocenters. The van der Waals surface area contributed by atoms with Crippen molar-refractivity contribution in [2.24, 2.45) is 5.92 Å². The van der Waals surface area contributed by atoms with Gasteiger partial charge < -0.3 is 14.0 Å². The summed E-state index contributed by atoms with van der Waals surface area (Å²) in [6, 6.07) is 38.2. The summed E-state index contributed by atoms with van der Waals surface area (Å²) in [5.74, 6) is 3.32. The summed E-state index contributed by atoms with van der Waals surface area (Å²) in [7, 11) is 1.71. The lowest BCUT2D eigenvalue weighted by molar-refractivity contribution is 0.183. The van der Waals surface area contributed by atoms with Gasteiger partial charge in [-0.2, -0.15) is 0 Å². The first-order chi connectivity index (χ1) is 23.2. The summed E-state index contributed by atoms with van der Waals surface area (Å²) in [6.07, 6.45) is 8.89. The fourth-order valence-electron chi connectivity index (χ4n) is 6.90. The summed E-state index contributed by atoms with van der Waals surface area (Å²) in [4.78, 5) is 8.07. The van der Waals surface area contributed by atoms with E-state index in [4.69, 9.17) is 14.5 Å². The van der Waals surface area contributed by atoms with Crippen molar-refractivity contribution in [3.63, 3.8) is 0 Å². The molecule has 1 aromatic heterocycles. The maximum Gasteiger partial charge on any atom is 0.161 e. The maximum atomic E-state index is 6.34. The molecule has 1 aliphatic carbocycles. The Hall–Kier alpha value is -4.35. The molecule has 1 aliphatic rings. The van der Waals surface area contributed by atoms with Crippen LogP contribution in [-0.2, 0) is 26.2 Å². The van der Waals surface area contributed by atoms with Gasteiger partial charge in [-0.15, -0.1) is 0 Å². The minimum atomic E-state index is 0.506. The number of ether oxygens (including phenoxy) is 2. The second-order valence-electron chi connectivity index (χ2n) is 12.9. The topological polar surface area (TPSA) is 39.5 Å². The third-order valence-electron chi connectivity index (χ3n) is 9.37. The Morgan fingerprint density at radius 1 is 0.745 bits per heavy atom. The Kier molecular flexibility index (Phi) is 11.4. The van der Waals surface area contributed by atoms with Gasteiger partial charge in [0.05, 0.1) is 18.5 Å². The largest absolute Gasteiger partial charge is 0.493 e. The van der Waals surface area contributed by atoms with Crippen molar-refractivity contribution < 1.29 is 9.47 Å². The average molecular weight is 628 g/mol. The fraction of sp³-hybridized carbons (Fsp3) is 0.357. The van der Waals surface area contributed by atoms with Crippen LogP contribution in [0.4, 0.5) is 0 Å². The molecule has 6 rings (SSSR count). The van der Waals surface area contributed by atoms with Gasteiger partial charge in [0.1, 0.15) is 12.4 Å². The summed E-state index contributed by atoms with van der Waals surface area (Å²) >= 11 is 0. The lowest BCUT2D eigenvalue weighted by Crippen LogP contribution is -2.31. The molecule has 5 heteroatoms. The van der Waals surface area contributed by atoms with E-state index in [1.807, 2.05) is 18.2 Å². The lowest BCUT2D eigenvalue weighted by atomic mass is 9.89. The van der Waals surface area contributed by atoms with E-state index in [0.717, 1.165) is 67.6 Å². The van der Waals surface area contributed by atoms with E-state index in [-0.39, 0.29) is 0 Å². The molecular formula is C42H49N3O2. The molecule has 1 heterocycles. The molecule has 1 fully saturated rings. The first-order valence-electron chi connectivity index (χ1n) is 17.5. The standard InChI is InChI=1S/C42H49N3O2/c1-3-4-27-45-38(41(36-21-13-7-14-22-36)43-42(45)37-23-15-8-16-24-37)31-44(29-33-17-9-5-10-18-33)30-35-25-26-39(46-2)40(28-35)47-32-34-19-11-6-12-20-34/h6-8,11-16,19-26,28,33H,3-5,9-10,17-18,27,29-32H2,1-2H3. The van der Waals surface area contributed by atoms with Crippen LogP contribution >= 0.6 is 0 Å². The van der Waals surface area contributed by atoms with Gasteiger partial charge in [0.25, 0.3) is 0 Å². The van der Waals surface area contributed by atoms with E-state index in [1.54, 1.807) is 7.11 Å². The van der Waals surface area contributed by atoms with Gasteiger partial charge in [0.15, 0.2) is 11.5 Å². The Bertz CT molecular complexity index is 1660. The molecule has 47 heavy (non-hydrogen) atoms. The van der Waals surface area contributed by atoms with Crippen LogP contribution in [0.1, 0.15) is 68.7 Å². The minimum Gasteiger partial charge on any atom is -0.493 e. The van der Waals surface area contributed by atoms with Gasteiger partial charge in [-0.3, -0.25) is 4.90 Å². The maximum absolute atomic E-state index is 6.34. The highest BCUT2D eigenvalue weighted by Crippen LogP contribution is 2.34. The van der Waals surface area contributed by atoms with Gasteiger partial charge >= 0.3 is 0 Å². The molecule has 0 unspecified atom stereocenters. The van der Waals surface area contributed by atoms with Crippen molar-refractivity contribution in [2.75, 3.05) is 13.7 Å². The third kappa shape index (κ3) is 8.52. The highest BCUT2D eigenvalue weighted by atomic mass is 16.5. The Labute approximate surface area is 281 Å². The summed E-state index contributed by atoms with van der Waals surface area (Å²) in [5, 5.41) is 0. The first-order valence-corrected chi connectivity index (χ1v) is 17.5. The third-order valence-corrected chi connectivity index (χ3v) is 9.37. The molecule has 5 aromatic rings. The molecular weight excluding hydrogens is 578 g/mol. The zero-order valence-electron chi connectivity index (χ0n) is 28.1. The lowest BCUT2D eigenvalue weighted by Gasteiger charge is -2.30. The van der Waals surface area contributed by atoms with Gasteiger partial charge in [-0.1, -0.05) is 130 Å². The number of imidazole rings is 1. The summed E-state index contributed by atoms with van der Waals surface area (Å²) in [5.41, 5.74) is 7.11. The van der Waals surface area contributed by atoms with Crippen LogP contribution in [0.15, 0.2) is 109 Å². The van der Waals surface area contributed by atoms with Crippen molar-refractivity contribution in [1.82, 2.24) is 14.5 Å². The molecule has 4 aromatic carbocycles. The van der Waals surface area contributed by atoms with Crippen LogP contribution in [0, 0.1) is 5.92 Å². The van der Waals surface area contributed by atoms with E-state index in [0.29, 0.717) is 12.5 Å². The van der Waals surface area contributed by atoms with E-state index in [2.05, 4.69) is 107 Å². The van der Waals surface area contributed by atoms with Gasteiger partial charge in [0.2, 0.25) is 0 Å². The summed E-state index contributed by atoms with van der Waals surface area (Å²) < 4.78 is 14.6. The fourth-order valence-corrected chi connectivity index (χ4v) is 6.90. The monoisotopic (exact) mass is 627 g/mol. The van der Waals surface area contributed by atoms with Crippen molar-refractivity contribution in [2.45, 2.75) is 78.1 Å². The van der Waals surface area contributed by atoms with E-state index >= 15 is 0 Å². The minimum absolute atomic E-state index is 0.506. The van der Waals surface area contributed by atoms with Gasteiger partial charge in [-0.25, -0.2) is 4.98 Å². The van der Waals surface area contributed by atoms with Crippen molar-refractivity contribution in [3.8, 4) is 34.1 Å². The molecule has 0 aliphatic heterocycles. The predicted octanol–water partition coefficient (Wildman–Crippen LogP) is 10.2. The molecule has 5 nitrogen and oxygen atoms in total. The van der Waals surface area contributed by atoms with Crippen LogP contribution in [0.5, 0.6) is 11.5 Å². The summed E-state index contributed by atoms with van der Waals surface area (Å²) in [6.45, 7) is 6.46. The molecule has 0 amide bonds. The van der Waals surface area contributed by atoms with Crippen molar-refractivity contribution in [3.05, 3.63) is 126 Å². The molecule has 1 saturated carbocycles. The molecule has 0 spiro atoms. The van der Waals surface area contributed by atoms with Crippen LogP contribution in [0.25, 0.3) is 22.6 Å².